The Morgan fingerprint density at radius 1 is 1.19 bits per heavy atom. The molecular formula is C24H35FN2O4. The second-order valence-electron chi connectivity index (χ2n) is 9.56. The van der Waals surface area contributed by atoms with Crippen LogP contribution in [0.25, 0.3) is 0 Å². The van der Waals surface area contributed by atoms with Gasteiger partial charge in [0.15, 0.2) is 0 Å². The first-order valence-electron chi connectivity index (χ1n) is 11.2. The molecule has 0 aromatic heterocycles. The van der Waals surface area contributed by atoms with Gasteiger partial charge in [-0.05, 0) is 57.7 Å². The smallest absolute Gasteiger partial charge is 0.410 e. The van der Waals surface area contributed by atoms with Crippen LogP contribution in [-0.4, -0.2) is 60.2 Å². The number of fused-ring (bicyclic) bond motifs is 1. The van der Waals surface area contributed by atoms with Crippen LogP contribution in [-0.2, 0) is 22.4 Å². The van der Waals surface area contributed by atoms with Crippen LogP contribution >= 0.6 is 0 Å². The third kappa shape index (κ3) is 4.56. The maximum Gasteiger partial charge on any atom is 0.410 e. The van der Waals surface area contributed by atoms with E-state index in [1.165, 1.54) is 13.2 Å². The molecule has 2 heterocycles. The molecule has 0 radical (unpaired) electrons. The Bertz CT molecular complexity index is 843. The molecule has 1 unspecified atom stereocenters. The molecule has 4 rings (SSSR count). The summed E-state index contributed by atoms with van der Waals surface area (Å²) in [6.07, 6.45) is 2.61. The Morgan fingerprint density at radius 2 is 1.87 bits per heavy atom. The van der Waals surface area contributed by atoms with Gasteiger partial charge in [0.1, 0.15) is 11.4 Å². The number of ether oxygens (including phenoxy) is 2. The minimum absolute atomic E-state index is 0.108. The molecule has 1 spiro atoms. The molecule has 172 valence electrons. The van der Waals surface area contributed by atoms with Gasteiger partial charge in [0, 0.05) is 43.2 Å². The zero-order chi connectivity index (χ0) is 23.0. The SMILES string of the molecule is CC.COC(=O)c1cc(F)c2c(c1)CCN(C1CCC13CN(C(=O)OC(C)(C)C)C3)C2. The van der Waals surface area contributed by atoms with E-state index in [1.807, 2.05) is 34.6 Å². The number of halogens is 1. The van der Waals surface area contributed by atoms with E-state index < -0.39 is 11.6 Å². The van der Waals surface area contributed by atoms with Gasteiger partial charge in [-0.25, -0.2) is 14.0 Å². The fourth-order valence-electron chi connectivity index (χ4n) is 4.93. The van der Waals surface area contributed by atoms with Crippen LogP contribution in [0.3, 0.4) is 0 Å². The lowest BCUT2D eigenvalue weighted by Gasteiger charge is -2.63. The number of likely N-dealkylation sites (tertiary alicyclic amines) is 1. The Labute approximate surface area is 184 Å². The third-order valence-corrected chi connectivity index (χ3v) is 6.47. The molecule has 2 fully saturated rings. The second kappa shape index (κ2) is 8.77. The fourth-order valence-corrected chi connectivity index (χ4v) is 4.93. The maximum atomic E-state index is 14.7. The number of esters is 1. The molecule has 3 aliphatic rings. The summed E-state index contributed by atoms with van der Waals surface area (Å²) in [6, 6.07) is 3.39. The highest BCUT2D eigenvalue weighted by Gasteiger charge is 2.58. The van der Waals surface area contributed by atoms with Crippen LogP contribution in [0, 0.1) is 11.2 Å². The molecule has 6 nitrogen and oxygen atoms in total. The van der Waals surface area contributed by atoms with Crippen LogP contribution < -0.4 is 0 Å². The van der Waals surface area contributed by atoms with Gasteiger partial charge in [0.2, 0.25) is 0 Å². The summed E-state index contributed by atoms with van der Waals surface area (Å²) in [6.45, 7) is 12.4. The third-order valence-electron chi connectivity index (χ3n) is 6.47. The van der Waals surface area contributed by atoms with Crippen molar-refractivity contribution >= 4 is 12.1 Å². The minimum Gasteiger partial charge on any atom is -0.465 e. The molecule has 0 N–H and O–H groups in total. The van der Waals surface area contributed by atoms with Gasteiger partial charge in [-0.2, -0.15) is 0 Å². The molecule has 1 aromatic rings. The molecule has 31 heavy (non-hydrogen) atoms. The number of carbonyl (C=O) groups is 2. The topological polar surface area (TPSA) is 59.1 Å². The summed E-state index contributed by atoms with van der Waals surface area (Å²) in [5.74, 6) is -0.853. The molecule has 1 atom stereocenters. The van der Waals surface area contributed by atoms with Gasteiger partial charge in [-0.15, -0.1) is 0 Å². The monoisotopic (exact) mass is 434 g/mol. The highest BCUT2D eigenvalue weighted by Crippen LogP contribution is 2.52. The van der Waals surface area contributed by atoms with Crippen molar-refractivity contribution in [3.8, 4) is 0 Å². The van der Waals surface area contributed by atoms with Crippen molar-refractivity contribution in [2.75, 3.05) is 26.7 Å². The molecule has 2 aliphatic heterocycles. The van der Waals surface area contributed by atoms with Crippen molar-refractivity contribution in [1.82, 2.24) is 9.80 Å². The standard InChI is InChI=1S/C22H29FN2O4.C2H6/c1-21(2,3)29-20(27)25-12-22(13-25)7-5-18(22)24-8-6-14-9-15(19(26)28-4)10-17(23)16(14)11-24;1-2/h9-10,18H,5-8,11-13H2,1-4H3;1-2H3. The van der Waals surface area contributed by atoms with Gasteiger partial charge in [0.05, 0.1) is 12.7 Å². The van der Waals surface area contributed by atoms with Crippen molar-refractivity contribution < 1.29 is 23.5 Å². The first kappa shape index (κ1) is 23.5. The first-order chi connectivity index (χ1) is 14.6. The largest absolute Gasteiger partial charge is 0.465 e. The number of rotatable bonds is 2. The lowest BCUT2D eigenvalue weighted by molar-refractivity contribution is -0.131. The van der Waals surface area contributed by atoms with E-state index in [2.05, 4.69) is 4.90 Å². The molecule has 1 saturated heterocycles. The predicted octanol–water partition coefficient (Wildman–Crippen LogP) is 4.40. The summed E-state index contributed by atoms with van der Waals surface area (Å²) in [4.78, 5) is 28.1. The molecule has 1 saturated carbocycles. The van der Waals surface area contributed by atoms with Crippen LogP contribution in [0.2, 0.25) is 0 Å². The summed E-state index contributed by atoms with van der Waals surface area (Å²) >= 11 is 0. The Hall–Kier alpha value is -2.15. The van der Waals surface area contributed by atoms with Crippen molar-refractivity contribution in [3.63, 3.8) is 0 Å². The van der Waals surface area contributed by atoms with Gasteiger partial charge in [-0.3, -0.25) is 4.90 Å². The van der Waals surface area contributed by atoms with Gasteiger partial charge in [0.25, 0.3) is 0 Å². The van der Waals surface area contributed by atoms with E-state index in [-0.39, 0.29) is 22.9 Å². The van der Waals surface area contributed by atoms with Crippen LogP contribution in [0.1, 0.15) is 68.9 Å². The van der Waals surface area contributed by atoms with E-state index in [9.17, 15) is 14.0 Å². The lowest BCUT2D eigenvalue weighted by atomic mass is 9.58. The van der Waals surface area contributed by atoms with Crippen molar-refractivity contribution in [1.29, 1.82) is 0 Å². The first-order valence-corrected chi connectivity index (χ1v) is 11.2. The van der Waals surface area contributed by atoms with Gasteiger partial charge in [-0.1, -0.05) is 13.8 Å². The number of hydrogen-bond acceptors (Lipinski definition) is 5. The predicted molar refractivity (Wildman–Crippen MR) is 116 cm³/mol. The number of benzene rings is 1. The van der Waals surface area contributed by atoms with Gasteiger partial charge < -0.3 is 14.4 Å². The molecule has 1 aromatic carbocycles. The molecular weight excluding hydrogens is 399 g/mol. The lowest BCUT2D eigenvalue weighted by Crippen LogP contribution is -2.72. The van der Waals surface area contributed by atoms with Crippen LogP contribution in [0.15, 0.2) is 12.1 Å². The zero-order valence-corrected chi connectivity index (χ0v) is 19.6. The number of amides is 1. The van der Waals surface area contributed by atoms with Crippen LogP contribution in [0.4, 0.5) is 9.18 Å². The summed E-state index contributed by atoms with van der Waals surface area (Å²) in [5.41, 5.74) is 1.45. The average Bonchev–Trinajstić information content (AvgIpc) is 2.66. The van der Waals surface area contributed by atoms with Crippen molar-refractivity contribution in [3.05, 3.63) is 34.6 Å². The van der Waals surface area contributed by atoms with Gasteiger partial charge >= 0.3 is 12.1 Å². The van der Waals surface area contributed by atoms with E-state index in [4.69, 9.17) is 9.47 Å². The normalized spacial score (nSPS) is 21.8. The highest BCUT2D eigenvalue weighted by atomic mass is 19.1. The van der Waals surface area contributed by atoms with Crippen molar-refractivity contribution in [2.45, 2.75) is 72.1 Å². The summed E-state index contributed by atoms with van der Waals surface area (Å²) in [5, 5.41) is 0. The fraction of sp³-hybridized carbons (Fsp3) is 0.667. The zero-order valence-electron chi connectivity index (χ0n) is 19.6. The Morgan fingerprint density at radius 3 is 2.42 bits per heavy atom. The van der Waals surface area contributed by atoms with E-state index in [1.54, 1.807) is 11.0 Å². The summed E-state index contributed by atoms with van der Waals surface area (Å²) in [7, 11) is 1.30. The van der Waals surface area contributed by atoms with Crippen molar-refractivity contribution in [2.24, 2.45) is 5.41 Å². The number of hydrogen-bond donors (Lipinski definition) is 0. The molecule has 0 bridgehead atoms. The quantitative estimate of drug-likeness (QED) is 0.646. The highest BCUT2D eigenvalue weighted by molar-refractivity contribution is 5.89. The number of carbonyl (C=O) groups excluding carboxylic acids is 2. The maximum absolute atomic E-state index is 14.7. The number of nitrogens with zero attached hydrogens (tertiary/aromatic N) is 2. The minimum atomic E-state index is -0.510. The van der Waals surface area contributed by atoms with Crippen LogP contribution in [0.5, 0.6) is 0 Å². The molecule has 1 aliphatic carbocycles. The molecule has 1 amide bonds. The van der Waals surface area contributed by atoms with E-state index >= 15 is 0 Å². The average molecular weight is 435 g/mol. The second-order valence-corrected chi connectivity index (χ2v) is 9.56. The summed E-state index contributed by atoms with van der Waals surface area (Å²) < 4.78 is 24.9. The Kier molecular flexibility index (Phi) is 6.65. The molecule has 7 heteroatoms. The van der Waals surface area contributed by atoms with E-state index in [0.29, 0.717) is 37.7 Å². The Balaban J connectivity index is 0.00000132. The van der Waals surface area contributed by atoms with E-state index in [0.717, 1.165) is 24.9 Å². The number of methoxy groups -OCH3 is 1.